The monoisotopic (exact) mass is 269 g/mol. The summed E-state index contributed by atoms with van der Waals surface area (Å²) >= 11 is 0. The molecule has 2 N–H and O–H groups in total. The van der Waals surface area contributed by atoms with E-state index in [1.54, 1.807) is 13.0 Å². The zero-order chi connectivity index (χ0) is 14.7. The van der Waals surface area contributed by atoms with Gasteiger partial charge in [-0.2, -0.15) is 0 Å². The van der Waals surface area contributed by atoms with Crippen LogP contribution in [0.3, 0.4) is 0 Å². The molecular formula is C17H19NO2. The number of benzene rings is 2. The normalized spacial score (nSPS) is 12.0. The molecule has 0 bridgehead atoms. The Bertz CT molecular complexity index is 633. The molecule has 0 spiro atoms. The van der Waals surface area contributed by atoms with Crippen LogP contribution >= 0.6 is 0 Å². The quantitative estimate of drug-likeness (QED) is 0.894. The number of amides is 1. The first-order valence-corrected chi connectivity index (χ1v) is 6.64. The van der Waals surface area contributed by atoms with Gasteiger partial charge < -0.3 is 10.4 Å². The molecule has 0 saturated heterocycles. The Morgan fingerprint density at radius 3 is 2.50 bits per heavy atom. The van der Waals surface area contributed by atoms with Gasteiger partial charge in [0.2, 0.25) is 0 Å². The van der Waals surface area contributed by atoms with Crippen LogP contribution in [0, 0.1) is 13.8 Å². The number of rotatable bonds is 3. The number of nitrogens with one attached hydrogen (secondary N) is 1. The van der Waals surface area contributed by atoms with Gasteiger partial charge >= 0.3 is 0 Å². The molecule has 0 aliphatic carbocycles. The molecule has 2 aromatic rings. The van der Waals surface area contributed by atoms with Crippen LogP contribution in [0.4, 0.5) is 5.69 Å². The topological polar surface area (TPSA) is 49.3 Å². The average molecular weight is 269 g/mol. The molecule has 0 radical (unpaired) electrons. The fourth-order valence-corrected chi connectivity index (χ4v) is 1.96. The summed E-state index contributed by atoms with van der Waals surface area (Å²) < 4.78 is 0. The van der Waals surface area contributed by atoms with E-state index >= 15 is 0 Å². The van der Waals surface area contributed by atoms with E-state index in [0.717, 1.165) is 16.7 Å². The molecule has 3 heteroatoms. The molecule has 20 heavy (non-hydrogen) atoms. The smallest absolute Gasteiger partial charge is 0.255 e. The van der Waals surface area contributed by atoms with Crippen molar-refractivity contribution in [2.75, 3.05) is 5.32 Å². The second kappa shape index (κ2) is 5.88. The van der Waals surface area contributed by atoms with Gasteiger partial charge in [-0.3, -0.25) is 4.79 Å². The van der Waals surface area contributed by atoms with E-state index < -0.39 is 6.10 Å². The molecule has 0 aromatic heterocycles. The Labute approximate surface area is 119 Å². The standard InChI is InChI=1S/C17H19NO2/c1-11-7-8-15(9-12(11)2)17(20)18-16-6-4-5-14(10-16)13(3)19/h4-10,13,19H,1-3H3,(H,18,20). The lowest BCUT2D eigenvalue weighted by atomic mass is 10.1. The molecule has 0 heterocycles. The Balaban J connectivity index is 2.19. The molecule has 3 nitrogen and oxygen atoms in total. The van der Waals surface area contributed by atoms with Crippen LogP contribution in [0.15, 0.2) is 42.5 Å². The van der Waals surface area contributed by atoms with E-state index in [9.17, 15) is 9.90 Å². The summed E-state index contributed by atoms with van der Waals surface area (Å²) in [4.78, 5) is 12.2. The third-order valence-electron chi connectivity index (χ3n) is 3.40. The lowest BCUT2D eigenvalue weighted by molar-refractivity contribution is 0.102. The lowest BCUT2D eigenvalue weighted by Crippen LogP contribution is -2.12. The maximum Gasteiger partial charge on any atom is 0.255 e. The minimum absolute atomic E-state index is 0.143. The van der Waals surface area contributed by atoms with Crippen molar-refractivity contribution in [2.45, 2.75) is 26.9 Å². The van der Waals surface area contributed by atoms with Crippen LogP contribution in [0.25, 0.3) is 0 Å². The van der Waals surface area contributed by atoms with Crippen LogP contribution in [0.5, 0.6) is 0 Å². The SMILES string of the molecule is Cc1ccc(C(=O)Nc2cccc(C(C)O)c2)cc1C. The molecule has 0 fully saturated rings. The van der Waals surface area contributed by atoms with E-state index in [1.165, 1.54) is 0 Å². The third kappa shape index (κ3) is 3.25. The van der Waals surface area contributed by atoms with Gasteiger partial charge in [0.1, 0.15) is 0 Å². The van der Waals surface area contributed by atoms with Crippen molar-refractivity contribution in [1.82, 2.24) is 0 Å². The Morgan fingerprint density at radius 1 is 1.10 bits per heavy atom. The highest BCUT2D eigenvalue weighted by atomic mass is 16.3. The predicted molar refractivity (Wildman–Crippen MR) is 80.9 cm³/mol. The summed E-state index contributed by atoms with van der Waals surface area (Å²) in [6, 6.07) is 12.9. The molecule has 1 amide bonds. The number of carbonyl (C=O) groups is 1. The predicted octanol–water partition coefficient (Wildman–Crippen LogP) is 3.61. The maximum atomic E-state index is 12.2. The zero-order valence-corrected chi connectivity index (χ0v) is 12.0. The summed E-state index contributed by atoms with van der Waals surface area (Å²) in [7, 11) is 0. The summed E-state index contributed by atoms with van der Waals surface area (Å²) in [5.74, 6) is -0.143. The highest BCUT2D eigenvalue weighted by Gasteiger charge is 2.08. The van der Waals surface area contributed by atoms with Crippen molar-refractivity contribution >= 4 is 11.6 Å². The number of aliphatic hydroxyl groups excluding tert-OH is 1. The number of hydrogen-bond donors (Lipinski definition) is 2. The van der Waals surface area contributed by atoms with E-state index in [1.807, 2.05) is 50.2 Å². The van der Waals surface area contributed by atoms with Crippen molar-refractivity contribution in [2.24, 2.45) is 0 Å². The Hall–Kier alpha value is -2.13. The molecule has 1 atom stereocenters. The highest BCUT2D eigenvalue weighted by molar-refractivity contribution is 6.04. The first-order chi connectivity index (χ1) is 9.47. The molecule has 2 aromatic carbocycles. The van der Waals surface area contributed by atoms with Gasteiger partial charge in [-0.25, -0.2) is 0 Å². The summed E-state index contributed by atoms with van der Waals surface area (Å²) in [5.41, 5.74) is 4.36. The molecule has 1 unspecified atom stereocenters. The van der Waals surface area contributed by atoms with Gasteiger partial charge in [0, 0.05) is 11.3 Å². The second-order valence-corrected chi connectivity index (χ2v) is 5.05. The van der Waals surface area contributed by atoms with Crippen molar-refractivity contribution in [3.63, 3.8) is 0 Å². The fourth-order valence-electron chi connectivity index (χ4n) is 1.96. The van der Waals surface area contributed by atoms with Crippen molar-refractivity contribution in [3.05, 3.63) is 64.7 Å². The number of aliphatic hydroxyl groups is 1. The Kier molecular flexibility index (Phi) is 4.20. The number of hydrogen-bond acceptors (Lipinski definition) is 2. The first-order valence-electron chi connectivity index (χ1n) is 6.64. The Morgan fingerprint density at radius 2 is 1.85 bits per heavy atom. The van der Waals surface area contributed by atoms with E-state index in [4.69, 9.17) is 0 Å². The van der Waals surface area contributed by atoms with Crippen molar-refractivity contribution in [3.8, 4) is 0 Å². The van der Waals surface area contributed by atoms with E-state index in [-0.39, 0.29) is 5.91 Å². The van der Waals surface area contributed by atoms with Gasteiger partial charge in [0.15, 0.2) is 0 Å². The largest absolute Gasteiger partial charge is 0.389 e. The van der Waals surface area contributed by atoms with Crippen molar-refractivity contribution in [1.29, 1.82) is 0 Å². The first kappa shape index (κ1) is 14.3. The van der Waals surface area contributed by atoms with Gasteiger partial charge in [-0.05, 0) is 61.7 Å². The lowest BCUT2D eigenvalue weighted by Gasteiger charge is -2.10. The second-order valence-electron chi connectivity index (χ2n) is 5.05. The molecule has 0 saturated carbocycles. The van der Waals surface area contributed by atoms with Gasteiger partial charge in [-0.1, -0.05) is 18.2 Å². The fraction of sp³-hybridized carbons (Fsp3) is 0.235. The van der Waals surface area contributed by atoms with Crippen LogP contribution in [-0.2, 0) is 0 Å². The molecule has 0 aliphatic heterocycles. The summed E-state index contributed by atoms with van der Waals surface area (Å²) in [6.45, 7) is 5.70. The van der Waals surface area contributed by atoms with Gasteiger partial charge in [0.05, 0.1) is 6.10 Å². The van der Waals surface area contributed by atoms with Gasteiger partial charge in [0.25, 0.3) is 5.91 Å². The molecule has 104 valence electrons. The minimum atomic E-state index is -0.548. The summed E-state index contributed by atoms with van der Waals surface area (Å²) in [6.07, 6.45) is -0.548. The summed E-state index contributed by atoms with van der Waals surface area (Å²) in [5, 5.41) is 12.4. The van der Waals surface area contributed by atoms with Crippen LogP contribution < -0.4 is 5.32 Å². The molecular weight excluding hydrogens is 250 g/mol. The molecule has 2 rings (SSSR count). The van der Waals surface area contributed by atoms with Crippen LogP contribution in [-0.4, -0.2) is 11.0 Å². The highest BCUT2D eigenvalue weighted by Crippen LogP contribution is 2.18. The van der Waals surface area contributed by atoms with E-state index in [2.05, 4.69) is 5.32 Å². The average Bonchev–Trinajstić information content (AvgIpc) is 2.42. The minimum Gasteiger partial charge on any atom is -0.389 e. The third-order valence-corrected chi connectivity index (χ3v) is 3.40. The number of anilines is 1. The van der Waals surface area contributed by atoms with Crippen LogP contribution in [0.2, 0.25) is 0 Å². The van der Waals surface area contributed by atoms with Crippen LogP contribution in [0.1, 0.15) is 40.1 Å². The van der Waals surface area contributed by atoms with E-state index in [0.29, 0.717) is 11.3 Å². The molecule has 0 aliphatic rings. The van der Waals surface area contributed by atoms with Crippen molar-refractivity contribution < 1.29 is 9.90 Å². The number of aryl methyl sites for hydroxylation is 2. The van der Waals surface area contributed by atoms with Gasteiger partial charge in [-0.15, -0.1) is 0 Å². The maximum absolute atomic E-state index is 12.2. The zero-order valence-electron chi connectivity index (χ0n) is 12.0. The number of carbonyl (C=O) groups excluding carboxylic acids is 1.